The summed E-state index contributed by atoms with van der Waals surface area (Å²) in [6.07, 6.45) is 0. The Bertz CT molecular complexity index is 335. The number of phenols is 3. The fraction of sp³-hybridized carbons (Fsp3) is 0. The van der Waals surface area contributed by atoms with Crippen LogP contribution in [0.3, 0.4) is 0 Å². The van der Waals surface area contributed by atoms with Crippen molar-refractivity contribution in [2.24, 2.45) is 0 Å². The molecular formula is C7H10BaO4SSr. The van der Waals surface area contributed by atoms with Gasteiger partial charge in [0.25, 0.3) is 0 Å². The van der Waals surface area contributed by atoms with Gasteiger partial charge in [0.2, 0.25) is 5.12 Å². The molecule has 0 saturated carbocycles. The molecule has 0 saturated heterocycles. The Morgan fingerprint density at radius 3 is 1.86 bits per heavy atom. The number of carbonyl (C=O) groups is 1. The van der Waals surface area contributed by atoms with Crippen molar-refractivity contribution in [1.82, 2.24) is 0 Å². The zero-order chi connectivity index (χ0) is 9.30. The molecule has 0 radical (unpaired) electrons. The van der Waals surface area contributed by atoms with E-state index in [0.29, 0.717) is 0 Å². The summed E-state index contributed by atoms with van der Waals surface area (Å²) in [7, 11) is 0. The molecule has 0 bridgehead atoms. The average molecular weight is 415 g/mol. The maximum Gasteiger partial charge on any atom is 2.00 e. The van der Waals surface area contributed by atoms with E-state index in [0.717, 1.165) is 12.1 Å². The first kappa shape index (κ1) is 18.1. The number of carbonyl (C=O) groups excluding carboxylic acids is 1. The molecule has 0 aliphatic heterocycles. The van der Waals surface area contributed by atoms with Gasteiger partial charge in [-0.05, 0) is 12.1 Å². The van der Waals surface area contributed by atoms with Crippen LogP contribution in [0.15, 0.2) is 12.1 Å². The molecule has 3 N–H and O–H groups in total. The normalized spacial score (nSPS) is 8.36. The Morgan fingerprint density at radius 1 is 1.21 bits per heavy atom. The zero-order valence-corrected chi connectivity index (χ0v) is 16.1. The third-order valence-electron chi connectivity index (χ3n) is 1.32. The van der Waals surface area contributed by atoms with Crippen molar-refractivity contribution in [3.8, 4) is 17.2 Å². The SMILES string of the molecule is O=C(S)c1cc(O)c(O)c(O)c1.[Ba+2].[H-].[H-].[H-].[H-].[Sr+2]. The predicted molar refractivity (Wildman–Crippen MR) is 60.7 cm³/mol. The molecule has 0 aliphatic rings. The van der Waals surface area contributed by atoms with Gasteiger partial charge in [0.15, 0.2) is 17.2 Å². The Hall–Kier alpha value is 1.69. The van der Waals surface area contributed by atoms with E-state index in [1.54, 1.807) is 0 Å². The summed E-state index contributed by atoms with van der Waals surface area (Å²) in [4.78, 5) is 10.6. The van der Waals surface area contributed by atoms with Crippen molar-refractivity contribution in [3.63, 3.8) is 0 Å². The minimum absolute atomic E-state index is 0. The van der Waals surface area contributed by atoms with Crippen molar-refractivity contribution in [3.05, 3.63) is 17.7 Å². The number of benzene rings is 1. The van der Waals surface area contributed by atoms with Crippen LogP contribution in [-0.2, 0) is 0 Å². The van der Waals surface area contributed by atoms with Crippen molar-refractivity contribution < 1.29 is 25.8 Å². The van der Waals surface area contributed by atoms with Crippen LogP contribution in [0.4, 0.5) is 0 Å². The number of rotatable bonds is 1. The second kappa shape index (κ2) is 7.88. The number of aromatic hydroxyl groups is 3. The van der Waals surface area contributed by atoms with Crippen LogP contribution in [0.5, 0.6) is 17.2 Å². The molecule has 0 heterocycles. The Kier molecular flexibility index (Phi) is 10.2. The molecule has 4 nitrogen and oxygen atoms in total. The molecule has 72 valence electrons. The van der Waals surface area contributed by atoms with Gasteiger partial charge in [-0.1, -0.05) is 0 Å². The average Bonchev–Trinajstić information content (AvgIpc) is 1.99. The van der Waals surface area contributed by atoms with E-state index in [-0.39, 0.29) is 106 Å². The first-order valence-electron chi connectivity index (χ1n) is 3.00. The van der Waals surface area contributed by atoms with Gasteiger partial charge in [-0.25, -0.2) is 0 Å². The molecular weight excluding hydrogens is 405 g/mol. The Morgan fingerprint density at radius 2 is 1.57 bits per heavy atom. The molecule has 1 aromatic rings. The van der Waals surface area contributed by atoms with Crippen molar-refractivity contribution in [1.29, 1.82) is 0 Å². The van der Waals surface area contributed by atoms with Gasteiger partial charge in [-0.15, -0.1) is 12.6 Å². The molecule has 7 heteroatoms. The van der Waals surface area contributed by atoms with Crippen LogP contribution in [0.1, 0.15) is 16.1 Å². The molecule has 0 aliphatic carbocycles. The number of thiol groups is 1. The van der Waals surface area contributed by atoms with Crippen LogP contribution in [-0.4, -0.2) is 115 Å². The van der Waals surface area contributed by atoms with E-state index in [1.165, 1.54) is 0 Å². The van der Waals surface area contributed by atoms with Crippen molar-refractivity contribution in [2.75, 3.05) is 0 Å². The topological polar surface area (TPSA) is 77.8 Å². The number of hydrogen-bond acceptors (Lipinski definition) is 4. The maximum absolute atomic E-state index is 10.6. The standard InChI is InChI=1S/C7H6O4S.Ba.Sr.4H/c8-4-1-3(7(11)12)2-5(9)6(4)10;;;;;;/h1-2,8-10H,(H,11,12);;;;;;/q;2*+2;4*-1. The summed E-state index contributed by atoms with van der Waals surface area (Å²) in [5.41, 5.74) is 0.0196. The monoisotopic (exact) mass is 416 g/mol. The smallest absolute Gasteiger partial charge is 1.00 e. The van der Waals surface area contributed by atoms with Crippen LogP contribution in [0.25, 0.3) is 0 Å². The largest absolute Gasteiger partial charge is 2.00 e. The van der Waals surface area contributed by atoms with Crippen molar-refractivity contribution in [2.45, 2.75) is 0 Å². The molecule has 1 aromatic carbocycles. The van der Waals surface area contributed by atoms with Gasteiger partial charge < -0.3 is 21.0 Å². The van der Waals surface area contributed by atoms with E-state index in [9.17, 15) is 4.79 Å². The van der Waals surface area contributed by atoms with Crippen molar-refractivity contribution >= 4 is 112 Å². The maximum atomic E-state index is 10.6. The van der Waals surface area contributed by atoms with E-state index in [2.05, 4.69) is 12.6 Å². The summed E-state index contributed by atoms with van der Waals surface area (Å²) in [5.74, 6) is -1.74. The van der Waals surface area contributed by atoms with Crippen LogP contribution >= 0.6 is 12.6 Å². The second-order valence-corrected chi connectivity index (χ2v) is 2.57. The predicted octanol–water partition coefficient (Wildman–Crippen LogP) is 0.562. The third-order valence-corrected chi connectivity index (χ3v) is 1.57. The molecule has 0 unspecified atom stereocenters. The van der Waals surface area contributed by atoms with Gasteiger partial charge in [0.1, 0.15) is 0 Å². The number of phenolic OH excluding ortho intramolecular Hbond substituents is 3. The zero-order valence-electron chi connectivity index (χ0n) is 11.3. The van der Waals surface area contributed by atoms with E-state index in [1.807, 2.05) is 0 Å². The molecule has 14 heavy (non-hydrogen) atoms. The van der Waals surface area contributed by atoms with Gasteiger partial charge in [-0.3, -0.25) is 4.79 Å². The van der Waals surface area contributed by atoms with E-state index >= 15 is 0 Å². The summed E-state index contributed by atoms with van der Waals surface area (Å²) in [6, 6.07) is 2.04. The summed E-state index contributed by atoms with van der Waals surface area (Å²) in [5, 5.41) is 26.1. The summed E-state index contributed by atoms with van der Waals surface area (Å²) < 4.78 is 0. The number of hydrogen-bond donors (Lipinski definition) is 4. The fourth-order valence-electron chi connectivity index (χ4n) is 0.728. The minimum atomic E-state index is -0.645. The van der Waals surface area contributed by atoms with E-state index in [4.69, 9.17) is 15.3 Å². The molecule has 1 rings (SSSR count). The Labute approximate surface area is 169 Å². The van der Waals surface area contributed by atoms with Gasteiger partial charge in [0.05, 0.1) is 0 Å². The third kappa shape index (κ3) is 4.69. The van der Waals surface area contributed by atoms with Gasteiger partial charge in [0, 0.05) is 5.56 Å². The van der Waals surface area contributed by atoms with Crippen LogP contribution < -0.4 is 0 Å². The second-order valence-electron chi connectivity index (χ2n) is 2.17. The van der Waals surface area contributed by atoms with Gasteiger partial charge in [-0.2, -0.15) is 0 Å². The molecule has 0 spiro atoms. The minimum Gasteiger partial charge on any atom is -1.00 e. The molecule has 0 amide bonds. The fourth-order valence-corrected chi connectivity index (χ4v) is 0.857. The summed E-state index contributed by atoms with van der Waals surface area (Å²) >= 11 is 3.47. The van der Waals surface area contributed by atoms with E-state index < -0.39 is 22.4 Å². The molecule has 0 aromatic heterocycles. The van der Waals surface area contributed by atoms with Gasteiger partial charge >= 0.3 is 94.4 Å². The van der Waals surface area contributed by atoms with Crippen LogP contribution in [0.2, 0.25) is 0 Å². The first-order valence-corrected chi connectivity index (χ1v) is 3.45. The van der Waals surface area contributed by atoms with Crippen LogP contribution in [0, 0.1) is 0 Å². The Balaban J connectivity index is -0.0000000600. The molecule has 0 atom stereocenters. The summed E-state index contributed by atoms with van der Waals surface area (Å²) in [6.45, 7) is 0. The quantitative estimate of drug-likeness (QED) is 0.307. The molecule has 0 fully saturated rings. The first-order chi connectivity index (χ1) is 5.52.